The van der Waals surface area contributed by atoms with E-state index in [4.69, 9.17) is 4.84 Å². The maximum atomic E-state index is 5.86. The van der Waals surface area contributed by atoms with Crippen molar-refractivity contribution >= 4 is 0 Å². The van der Waals surface area contributed by atoms with Crippen molar-refractivity contribution in [3.63, 3.8) is 0 Å². The highest BCUT2D eigenvalue weighted by atomic mass is 16.7. The highest BCUT2D eigenvalue weighted by Gasteiger charge is 2.12. The van der Waals surface area contributed by atoms with Crippen LogP contribution in [0.15, 0.2) is 48.8 Å². The Morgan fingerprint density at radius 2 is 1.71 bits per heavy atom. The van der Waals surface area contributed by atoms with Crippen LogP contribution in [-0.2, 0) is 0 Å². The third kappa shape index (κ3) is 5.17. The van der Waals surface area contributed by atoms with Crippen LogP contribution in [0, 0.1) is 13.8 Å². The normalized spacial score (nSPS) is 15.0. The van der Waals surface area contributed by atoms with Crippen LogP contribution in [0.2, 0.25) is 0 Å². The van der Waals surface area contributed by atoms with Gasteiger partial charge in [0.05, 0.1) is 0 Å². The van der Waals surface area contributed by atoms with E-state index in [0.29, 0.717) is 0 Å². The van der Waals surface area contributed by atoms with E-state index in [9.17, 15) is 0 Å². The SMILES string of the molecule is Cc1cccc(ON2CCNCC2)c1C.c1ccncc1. The lowest BCUT2D eigenvalue weighted by Gasteiger charge is -2.27. The van der Waals surface area contributed by atoms with Gasteiger partial charge in [0.15, 0.2) is 5.75 Å². The Morgan fingerprint density at radius 3 is 2.29 bits per heavy atom. The summed E-state index contributed by atoms with van der Waals surface area (Å²) in [6.07, 6.45) is 3.50. The first kappa shape index (κ1) is 15.5. The first-order valence-electron chi connectivity index (χ1n) is 7.32. The van der Waals surface area contributed by atoms with E-state index in [2.05, 4.69) is 30.2 Å². The third-order valence-electron chi connectivity index (χ3n) is 3.42. The van der Waals surface area contributed by atoms with Crippen LogP contribution < -0.4 is 10.2 Å². The van der Waals surface area contributed by atoms with Gasteiger partial charge in [0, 0.05) is 38.6 Å². The minimum atomic E-state index is 0.952. The highest BCUT2D eigenvalue weighted by Crippen LogP contribution is 2.21. The van der Waals surface area contributed by atoms with E-state index in [1.807, 2.05) is 35.4 Å². The van der Waals surface area contributed by atoms with Crippen LogP contribution in [0.5, 0.6) is 5.75 Å². The molecule has 0 amide bonds. The summed E-state index contributed by atoms with van der Waals surface area (Å²) < 4.78 is 0. The summed E-state index contributed by atoms with van der Waals surface area (Å²) in [4.78, 5) is 9.64. The molecule has 0 radical (unpaired) electrons. The second kappa shape index (κ2) is 8.39. The fourth-order valence-corrected chi connectivity index (χ4v) is 2.01. The lowest BCUT2D eigenvalue weighted by Crippen LogP contribution is -2.45. The van der Waals surface area contributed by atoms with E-state index >= 15 is 0 Å². The number of benzene rings is 1. The van der Waals surface area contributed by atoms with Gasteiger partial charge >= 0.3 is 0 Å². The van der Waals surface area contributed by atoms with Crippen molar-refractivity contribution in [1.29, 1.82) is 0 Å². The molecule has 0 saturated carbocycles. The van der Waals surface area contributed by atoms with Gasteiger partial charge in [-0.25, -0.2) is 0 Å². The molecule has 3 rings (SSSR count). The van der Waals surface area contributed by atoms with Gasteiger partial charge in [0.2, 0.25) is 0 Å². The van der Waals surface area contributed by atoms with Crippen molar-refractivity contribution in [3.8, 4) is 5.75 Å². The number of nitrogens with one attached hydrogen (secondary N) is 1. The van der Waals surface area contributed by atoms with Gasteiger partial charge in [-0.3, -0.25) is 4.98 Å². The number of piperazine rings is 1. The topological polar surface area (TPSA) is 37.4 Å². The summed E-state index contributed by atoms with van der Waals surface area (Å²) in [6.45, 7) is 8.13. The Labute approximate surface area is 126 Å². The van der Waals surface area contributed by atoms with Crippen molar-refractivity contribution in [1.82, 2.24) is 15.4 Å². The zero-order valence-corrected chi connectivity index (χ0v) is 12.7. The summed E-state index contributed by atoms with van der Waals surface area (Å²) in [6, 6.07) is 11.9. The van der Waals surface area contributed by atoms with Gasteiger partial charge in [-0.1, -0.05) is 18.2 Å². The standard InChI is InChI=1S/C12H18N2O.C5H5N/c1-10-4-3-5-12(11(10)2)15-14-8-6-13-7-9-14;1-2-4-6-5-3-1/h3-5,13H,6-9H2,1-2H3;1-5H. The second-order valence-corrected chi connectivity index (χ2v) is 4.99. The molecule has 0 unspecified atom stereocenters. The highest BCUT2D eigenvalue weighted by molar-refractivity contribution is 5.38. The van der Waals surface area contributed by atoms with E-state index in [0.717, 1.165) is 31.9 Å². The monoisotopic (exact) mass is 285 g/mol. The number of nitrogens with zero attached hydrogens (tertiary/aromatic N) is 2. The van der Waals surface area contributed by atoms with Gasteiger partial charge in [0.25, 0.3) is 0 Å². The molecule has 1 fully saturated rings. The predicted molar refractivity (Wildman–Crippen MR) is 85.2 cm³/mol. The Bertz CT molecular complexity index is 498. The average molecular weight is 285 g/mol. The number of aromatic nitrogens is 1. The molecular weight excluding hydrogens is 262 g/mol. The van der Waals surface area contributed by atoms with Crippen molar-refractivity contribution in [2.24, 2.45) is 0 Å². The molecular formula is C17H23N3O. The minimum absolute atomic E-state index is 0.952. The molecule has 4 nitrogen and oxygen atoms in total. The largest absolute Gasteiger partial charge is 0.406 e. The van der Waals surface area contributed by atoms with Gasteiger partial charge in [-0.05, 0) is 43.2 Å². The van der Waals surface area contributed by atoms with Crippen LogP contribution in [0.3, 0.4) is 0 Å². The molecule has 1 aromatic carbocycles. The first-order chi connectivity index (χ1) is 10.3. The van der Waals surface area contributed by atoms with Gasteiger partial charge < -0.3 is 10.2 Å². The second-order valence-electron chi connectivity index (χ2n) is 4.99. The summed E-state index contributed by atoms with van der Waals surface area (Å²) in [5.74, 6) is 0.983. The Morgan fingerprint density at radius 1 is 1.00 bits per heavy atom. The van der Waals surface area contributed by atoms with Gasteiger partial charge in [0.1, 0.15) is 0 Å². The molecule has 1 saturated heterocycles. The summed E-state index contributed by atoms with van der Waals surface area (Å²) in [5.41, 5.74) is 2.51. The Balaban J connectivity index is 0.000000225. The molecule has 21 heavy (non-hydrogen) atoms. The lowest BCUT2D eigenvalue weighted by molar-refractivity contribution is -0.0670. The quantitative estimate of drug-likeness (QED) is 0.920. The zero-order chi connectivity index (χ0) is 14.9. The molecule has 1 aliphatic heterocycles. The van der Waals surface area contributed by atoms with Crippen LogP contribution in [0.25, 0.3) is 0 Å². The summed E-state index contributed by atoms with van der Waals surface area (Å²) in [7, 11) is 0. The molecule has 0 spiro atoms. The molecule has 1 aliphatic rings. The maximum Gasteiger partial charge on any atom is 0.150 e. The summed E-state index contributed by atoms with van der Waals surface area (Å²) in [5, 5.41) is 5.33. The van der Waals surface area contributed by atoms with Gasteiger partial charge in [-0.15, -0.1) is 5.06 Å². The van der Waals surface area contributed by atoms with Crippen LogP contribution >= 0.6 is 0 Å². The lowest BCUT2D eigenvalue weighted by atomic mass is 10.1. The third-order valence-corrected chi connectivity index (χ3v) is 3.42. The van der Waals surface area contributed by atoms with Crippen LogP contribution in [0.4, 0.5) is 0 Å². The van der Waals surface area contributed by atoms with Crippen molar-refractivity contribution in [2.45, 2.75) is 13.8 Å². The molecule has 1 N–H and O–H groups in total. The van der Waals surface area contributed by atoms with Crippen molar-refractivity contribution in [3.05, 3.63) is 59.9 Å². The van der Waals surface area contributed by atoms with Crippen molar-refractivity contribution in [2.75, 3.05) is 26.2 Å². The van der Waals surface area contributed by atoms with E-state index in [-0.39, 0.29) is 0 Å². The summed E-state index contributed by atoms with van der Waals surface area (Å²) >= 11 is 0. The first-order valence-corrected chi connectivity index (χ1v) is 7.32. The number of hydroxylamine groups is 2. The van der Waals surface area contributed by atoms with Gasteiger partial charge in [-0.2, -0.15) is 0 Å². The number of rotatable bonds is 2. The fourth-order valence-electron chi connectivity index (χ4n) is 2.01. The van der Waals surface area contributed by atoms with Crippen molar-refractivity contribution < 1.29 is 4.84 Å². The Hall–Kier alpha value is -1.91. The van der Waals surface area contributed by atoms with E-state index < -0.39 is 0 Å². The zero-order valence-electron chi connectivity index (χ0n) is 12.7. The number of pyridine rings is 1. The smallest absolute Gasteiger partial charge is 0.150 e. The number of aryl methyl sites for hydroxylation is 1. The number of hydrogen-bond acceptors (Lipinski definition) is 4. The maximum absolute atomic E-state index is 5.86. The molecule has 112 valence electrons. The molecule has 0 bridgehead atoms. The molecule has 4 heteroatoms. The molecule has 2 aromatic rings. The van der Waals surface area contributed by atoms with Crippen LogP contribution in [-0.4, -0.2) is 36.2 Å². The number of hydrogen-bond donors (Lipinski definition) is 1. The molecule has 1 aromatic heterocycles. The molecule has 2 heterocycles. The minimum Gasteiger partial charge on any atom is -0.406 e. The Kier molecular flexibility index (Phi) is 6.19. The van der Waals surface area contributed by atoms with E-state index in [1.54, 1.807) is 12.4 Å². The molecule has 0 aliphatic carbocycles. The van der Waals surface area contributed by atoms with E-state index in [1.165, 1.54) is 11.1 Å². The van der Waals surface area contributed by atoms with Crippen LogP contribution in [0.1, 0.15) is 11.1 Å². The fraction of sp³-hybridized carbons (Fsp3) is 0.353. The molecule has 0 atom stereocenters. The average Bonchev–Trinajstić information content (AvgIpc) is 2.55. The predicted octanol–water partition coefficient (Wildman–Crippen LogP) is 2.58.